The molecule has 2 rings (SSSR count). The summed E-state index contributed by atoms with van der Waals surface area (Å²) in [5, 5.41) is 11.9. The molecule has 1 amide bonds. The first-order valence-corrected chi connectivity index (χ1v) is 7.32. The van der Waals surface area contributed by atoms with Crippen LogP contribution in [-0.2, 0) is 16.0 Å². The number of benzene rings is 1. The molecule has 0 fully saturated rings. The van der Waals surface area contributed by atoms with Crippen LogP contribution in [-0.4, -0.2) is 28.8 Å². The average molecular weight is 279 g/mol. The Balaban J connectivity index is 1.95. The fraction of sp³-hybridized carbons (Fsp3) is 0.429. The van der Waals surface area contributed by atoms with Crippen molar-refractivity contribution in [2.75, 3.05) is 5.75 Å². The fourth-order valence-electron chi connectivity index (χ4n) is 2.32. The second-order valence-electron chi connectivity index (χ2n) is 4.65. The Labute approximate surface area is 116 Å². The smallest absolute Gasteiger partial charge is 0.327 e. The molecule has 19 heavy (non-hydrogen) atoms. The maximum absolute atomic E-state index is 11.1. The van der Waals surface area contributed by atoms with E-state index in [1.165, 1.54) is 18.1 Å². The quantitative estimate of drug-likeness (QED) is 0.865. The topological polar surface area (TPSA) is 66.4 Å². The highest BCUT2D eigenvalue weighted by Gasteiger charge is 2.25. The van der Waals surface area contributed by atoms with Crippen LogP contribution in [0.5, 0.6) is 0 Å². The zero-order valence-electron chi connectivity index (χ0n) is 10.8. The third kappa shape index (κ3) is 3.50. The number of carbonyl (C=O) groups excluding carboxylic acids is 1. The molecular weight excluding hydrogens is 262 g/mol. The number of carboxylic acids is 1. The van der Waals surface area contributed by atoms with Crippen molar-refractivity contribution < 1.29 is 14.7 Å². The summed E-state index contributed by atoms with van der Waals surface area (Å²) in [7, 11) is 0. The van der Waals surface area contributed by atoms with Crippen molar-refractivity contribution in [3.63, 3.8) is 0 Å². The van der Waals surface area contributed by atoms with Gasteiger partial charge in [-0.3, -0.25) is 4.79 Å². The van der Waals surface area contributed by atoms with Gasteiger partial charge >= 0.3 is 5.97 Å². The number of aliphatic carboxylic acids is 1. The number of nitrogens with one attached hydrogen (secondary N) is 1. The van der Waals surface area contributed by atoms with Gasteiger partial charge in [0.25, 0.3) is 0 Å². The molecule has 0 spiro atoms. The molecule has 102 valence electrons. The maximum atomic E-state index is 11.1. The highest BCUT2D eigenvalue weighted by atomic mass is 32.2. The average Bonchev–Trinajstić information content (AvgIpc) is 2.77. The molecule has 1 aliphatic carbocycles. The van der Waals surface area contributed by atoms with Crippen LogP contribution < -0.4 is 5.32 Å². The van der Waals surface area contributed by atoms with Crippen LogP contribution >= 0.6 is 11.8 Å². The van der Waals surface area contributed by atoms with E-state index in [4.69, 9.17) is 5.11 Å². The van der Waals surface area contributed by atoms with E-state index < -0.39 is 12.0 Å². The number of hydrogen-bond acceptors (Lipinski definition) is 3. The molecule has 2 atom stereocenters. The SMILES string of the molecule is CC(=O)N[C@@H](CSC1CCc2ccccc21)C(=O)O. The molecule has 2 N–H and O–H groups in total. The Morgan fingerprint density at radius 3 is 2.89 bits per heavy atom. The van der Waals surface area contributed by atoms with Crippen LogP contribution in [0.1, 0.15) is 29.7 Å². The number of thioether (sulfide) groups is 1. The zero-order valence-corrected chi connectivity index (χ0v) is 11.6. The van der Waals surface area contributed by atoms with Crippen molar-refractivity contribution in [1.29, 1.82) is 0 Å². The van der Waals surface area contributed by atoms with Gasteiger partial charge in [0.05, 0.1) is 0 Å². The van der Waals surface area contributed by atoms with E-state index in [0.717, 1.165) is 12.8 Å². The Morgan fingerprint density at radius 1 is 1.47 bits per heavy atom. The summed E-state index contributed by atoms with van der Waals surface area (Å²) in [4.78, 5) is 22.0. The van der Waals surface area contributed by atoms with Gasteiger partial charge in [0.2, 0.25) is 5.91 Å². The molecule has 4 nitrogen and oxygen atoms in total. The Hall–Kier alpha value is -1.49. The van der Waals surface area contributed by atoms with Gasteiger partial charge in [-0.05, 0) is 24.0 Å². The van der Waals surface area contributed by atoms with E-state index in [2.05, 4.69) is 17.4 Å². The lowest BCUT2D eigenvalue weighted by Crippen LogP contribution is -2.41. The lowest BCUT2D eigenvalue weighted by atomic mass is 10.1. The van der Waals surface area contributed by atoms with Gasteiger partial charge in [-0.2, -0.15) is 11.8 Å². The van der Waals surface area contributed by atoms with Gasteiger partial charge in [-0.15, -0.1) is 0 Å². The molecule has 0 saturated carbocycles. The molecule has 0 aromatic heterocycles. The molecule has 1 unspecified atom stereocenters. The van der Waals surface area contributed by atoms with Gasteiger partial charge in [-0.1, -0.05) is 24.3 Å². The van der Waals surface area contributed by atoms with Gasteiger partial charge < -0.3 is 10.4 Å². The van der Waals surface area contributed by atoms with Crippen molar-refractivity contribution in [2.45, 2.75) is 31.1 Å². The second kappa shape index (κ2) is 6.10. The van der Waals surface area contributed by atoms with Crippen LogP contribution in [0.2, 0.25) is 0 Å². The molecule has 0 bridgehead atoms. The number of hydrogen-bond donors (Lipinski definition) is 2. The standard InChI is InChI=1S/C14H17NO3S/c1-9(16)15-12(14(17)18)8-19-13-7-6-10-4-2-3-5-11(10)13/h2-5,12-13H,6-8H2,1H3,(H,15,16)(H,17,18)/t12-,13?/m0/s1. The Kier molecular flexibility index (Phi) is 4.47. The van der Waals surface area contributed by atoms with Crippen LogP contribution in [0, 0.1) is 0 Å². The van der Waals surface area contributed by atoms with Gasteiger partial charge in [0.1, 0.15) is 6.04 Å². The summed E-state index contributed by atoms with van der Waals surface area (Å²) in [5.74, 6) is -0.887. The lowest BCUT2D eigenvalue weighted by molar-refractivity contribution is -0.140. The number of carbonyl (C=O) groups is 2. The predicted octanol–water partition coefficient (Wildman–Crippen LogP) is 2.00. The molecule has 1 aromatic carbocycles. The number of fused-ring (bicyclic) bond motifs is 1. The summed E-state index contributed by atoms with van der Waals surface area (Å²) in [6, 6.07) is 7.46. The first-order chi connectivity index (χ1) is 9.08. The second-order valence-corrected chi connectivity index (χ2v) is 5.89. The molecule has 0 saturated heterocycles. The lowest BCUT2D eigenvalue weighted by Gasteiger charge is -2.16. The molecule has 1 aliphatic rings. The van der Waals surface area contributed by atoms with Crippen molar-refractivity contribution in [3.8, 4) is 0 Å². The normalized spacial score (nSPS) is 18.7. The van der Waals surface area contributed by atoms with Crippen LogP contribution in [0.4, 0.5) is 0 Å². The molecule has 0 radical (unpaired) electrons. The third-order valence-electron chi connectivity index (χ3n) is 3.22. The van der Waals surface area contributed by atoms with Gasteiger partial charge in [0, 0.05) is 17.9 Å². The predicted molar refractivity (Wildman–Crippen MR) is 75.2 cm³/mol. The summed E-state index contributed by atoms with van der Waals surface area (Å²) in [6.07, 6.45) is 2.09. The molecule has 5 heteroatoms. The summed E-state index contributed by atoms with van der Waals surface area (Å²) < 4.78 is 0. The Morgan fingerprint density at radius 2 is 2.21 bits per heavy atom. The largest absolute Gasteiger partial charge is 0.480 e. The van der Waals surface area contributed by atoms with E-state index >= 15 is 0 Å². The van der Waals surface area contributed by atoms with Gasteiger partial charge in [-0.25, -0.2) is 4.79 Å². The van der Waals surface area contributed by atoms with E-state index in [-0.39, 0.29) is 5.91 Å². The van der Waals surface area contributed by atoms with E-state index in [0.29, 0.717) is 11.0 Å². The highest BCUT2D eigenvalue weighted by Crippen LogP contribution is 2.41. The van der Waals surface area contributed by atoms with Crippen molar-refractivity contribution in [3.05, 3.63) is 35.4 Å². The van der Waals surface area contributed by atoms with Crippen molar-refractivity contribution >= 4 is 23.6 Å². The number of rotatable bonds is 5. The van der Waals surface area contributed by atoms with Crippen molar-refractivity contribution in [1.82, 2.24) is 5.32 Å². The molecular formula is C14H17NO3S. The number of amides is 1. The van der Waals surface area contributed by atoms with E-state index in [1.807, 2.05) is 12.1 Å². The van der Waals surface area contributed by atoms with Crippen molar-refractivity contribution in [2.24, 2.45) is 0 Å². The zero-order chi connectivity index (χ0) is 13.8. The highest BCUT2D eigenvalue weighted by molar-refractivity contribution is 7.99. The molecule has 0 aliphatic heterocycles. The minimum Gasteiger partial charge on any atom is -0.480 e. The maximum Gasteiger partial charge on any atom is 0.327 e. The third-order valence-corrected chi connectivity index (χ3v) is 4.64. The Bertz CT molecular complexity index is 489. The van der Waals surface area contributed by atoms with E-state index in [9.17, 15) is 9.59 Å². The minimum atomic E-state index is -0.978. The van der Waals surface area contributed by atoms with Crippen LogP contribution in [0.3, 0.4) is 0 Å². The first kappa shape index (κ1) is 13.9. The number of aryl methyl sites for hydroxylation is 1. The molecule has 1 aromatic rings. The van der Waals surface area contributed by atoms with Crippen LogP contribution in [0.15, 0.2) is 24.3 Å². The summed E-state index contributed by atoms with van der Waals surface area (Å²) in [5.41, 5.74) is 2.66. The first-order valence-electron chi connectivity index (χ1n) is 6.27. The van der Waals surface area contributed by atoms with Gasteiger partial charge in [0.15, 0.2) is 0 Å². The molecule has 0 heterocycles. The minimum absolute atomic E-state index is 0.306. The van der Waals surface area contributed by atoms with Crippen LogP contribution in [0.25, 0.3) is 0 Å². The summed E-state index contributed by atoms with van der Waals surface area (Å²) in [6.45, 7) is 1.34. The fourth-order valence-corrected chi connectivity index (χ4v) is 3.67. The summed E-state index contributed by atoms with van der Waals surface area (Å²) >= 11 is 1.61. The number of carboxylic acid groups (broad SMARTS) is 1. The van der Waals surface area contributed by atoms with E-state index in [1.54, 1.807) is 11.8 Å². The monoisotopic (exact) mass is 279 g/mol.